The average Bonchev–Trinajstić information content (AvgIpc) is 2.39. The summed E-state index contributed by atoms with van der Waals surface area (Å²) in [5.41, 5.74) is 1.59. The van der Waals surface area contributed by atoms with Crippen molar-refractivity contribution in [1.29, 1.82) is 0 Å². The van der Waals surface area contributed by atoms with E-state index in [-0.39, 0.29) is 5.41 Å². The molecule has 0 aliphatic heterocycles. The van der Waals surface area contributed by atoms with Crippen LogP contribution in [0.4, 0.5) is 0 Å². The van der Waals surface area contributed by atoms with Crippen molar-refractivity contribution in [2.75, 3.05) is 6.61 Å². The Morgan fingerprint density at radius 2 is 1.63 bits per heavy atom. The Morgan fingerprint density at radius 1 is 1.00 bits per heavy atom. The molecule has 1 aliphatic carbocycles. The van der Waals surface area contributed by atoms with Gasteiger partial charge in [0, 0.05) is 0 Å². The van der Waals surface area contributed by atoms with Crippen molar-refractivity contribution in [2.45, 2.75) is 64.7 Å². The highest BCUT2D eigenvalue weighted by Gasteiger charge is 2.14. The molecule has 1 aromatic rings. The minimum absolute atomic E-state index is 0.223. The quantitative estimate of drug-likeness (QED) is 0.710. The van der Waals surface area contributed by atoms with E-state index in [0.29, 0.717) is 0 Å². The fourth-order valence-corrected chi connectivity index (χ4v) is 2.87. The molecule has 0 heterocycles. The van der Waals surface area contributed by atoms with Crippen LogP contribution in [-0.2, 0) is 5.41 Å². The molecule has 1 aromatic carbocycles. The Balaban J connectivity index is 1.76. The summed E-state index contributed by atoms with van der Waals surface area (Å²) in [4.78, 5) is 0. The van der Waals surface area contributed by atoms with Crippen LogP contribution < -0.4 is 4.74 Å². The molecule has 0 N–H and O–H groups in total. The van der Waals surface area contributed by atoms with Gasteiger partial charge >= 0.3 is 0 Å². The van der Waals surface area contributed by atoms with Gasteiger partial charge in [0.25, 0.3) is 0 Å². The molecule has 0 saturated heterocycles. The van der Waals surface area contributed by atoms with Crippen molar-refractivity contribution in [3.63, 3.8) is 0 Å². The van der Waals surface area contributed by atoms with E-state index in [1.807, 2.05) is 0 Å². The van der Waals surface area contributed by atoms with E-state index in [9.17, 15) is 0 Å². The summed E-state index contributed by atoms with van der Waals surface area (Å²) < 4.78 is 5.88. The van der Waals surface area contributed by atoms with Crippen LogP contribution in [0.2, 0.25) is 0 Å². The monoisotopic (exact) mass is 260 g/mol. The fraction of sp³-hybridized carbons (Fsp3) is 0.667. The first kappa shape index (κ1) is 14.4. The van der Waals surface area contributed by atoms with Crippen LogP contribution in [0.25, 0.3) is 0 Å². The largest absolute Gasteiger partial charge is 0.494 e. The number of hydrogen-bond acceptors (Lipinski definition) is 1. The Kier molecular flexibility index (Phi) is 4.90. The molecule has 106 valence electrons. The summed E-state index contributed by atoms with van der Waals surface area (Å²) in [6.45, 7) is 7.60. The lowest BCUT2D eigenvalue weighted by Crippen LogP contribution is -2.12. The summed E-state index contributed by atoms with van der Waals surface area (Å²) >= 11 is 0. The second-order valence-corrected chi connectivity index (χ2v) is 6.92. The lowest BCUT2D eigenvalue weighted by molar-refractivity contribution is 0.246. The third-order valence-electron chi connectivity index (χ3n) is 4.24. The maximum atomic E-state index is 5.88. The van der Waals surface area contributed by atoms with Crippen molar-refractivity contribution in [3.8, 4) is 5.75 Å². The van der Waals surface area contributed by atoms with Gasteiger partial charge in [0.15, 0.2) is 0 Å². The summed E-state index contributed by atoms with van der Waals surface area (Å²) in [6, 6.07) is 8.61. The number of benzene rings is 1. The van der Waals surface area contributed by atoms with Crippen LogP contribution >= 0.6 is 0 Å². The summed E-state index contributed by atoms with van der Waals surface area (Å²) in [5.74, 6) is 1.92. The predicted octanol–water partition coefficient (Wildman–Crippen LogP) is 5.33. The van der Waals surface area contributed by atoms with E-state index in [2.05, 4.69) is 45.0 Å². The zero-order valence-electron chi connectivity index (χ0n) is 12.7. The van der Waals surface area contributed by atoms with Gasteiger partial charge in [-0.05, 0) is 35.4 Å². The fourth-order valence-electron chi connectivity index (χ4n) is 2.87. The van der Waals surface area contributed by atoms with E-state index in [0.717, 1.165) is 18.3 Å². The topological polar surface area (TPSA) is 9.23 Å². The van der Waals surface area contributed by atoms with Gasteiger partial charge in [0.1, 0.15) is 5.75 Å². The highest BCUT2D eigenvalue weighted by molar-refractivity contribution is 5.31. The molecule has 1 saturated carbocycles. The molecule has 19 heavy (non-hydrogen) atoms. The Bertz CT molecular complexity index is 366. The molecule has 0 radical (unpaired) electrons. The third-order valence-corrected chi connectivity index (χ3v) is 4.24. The second-order valence-electron chi connectivity index (χ2n) is 6.92. The van der Waals surface area contributed by atoms with Crippen LogP contribution in [0.3, 0.4) is 0 Å². The van der Waals surface area contributed by atoms with Crippen LogP contribution in [0, 0.1) is 5.92 Å². The molecule has 1 heteroatoms. The second kappa shape index (κ2) is 6.45. The van der Waals surface area contributed by atoms with Crippen molar-refractivity contribution < 1.29 is 4.74 Å². The normalized spacial score (nSPS) is 17.4. The molecule has 0 spiro atoms. The van der Waals surface area contributed by atoms with Crippen LogP contribution in [0.5, 0.6) is 5.75 Å². The highest BCUT2D eigenvalue weighted by atomic mass is 16.5. The molecular weight excluding hydrogens is 232 g/mol. The molecule has 2 rings (SSSR count). The average molecular weight is 260 g/mol. The van der Waals surface area contributed by atoms with Gasteiger partial charge in [0.2, 0.25) is 0 Å². The van der Waals surface area contributed by atoms with Gasteiger partial charge in [0.05, 0.1) is 6.61 Å². The molecule has 1 aliphatic rings. The lowest BCUT2D eigenvalue weighted by Gasteiger charge is -2.22. The van der Waals surface area contributed by atoms with Crippen molar-refractivity contribution in [2.24, 2.45) is 5.92 Å². The molecule has 0 atom stereocenters. The minimum atomic E-state index is 0.223. The van der Waals surface area contributed by atoms with Gasteiger partial charge in [-0.2, -0.15) is 0 Å². The number of rotatable bonds is 4. The van der Waals surface area contributed by atoms with E-state index >= 15 is 0 Å². The summed E-state index contributed by atoms with van der Waals surface area (Å²) in [5, 5.41) is 0. The number of hydrogen-bond donors (Lipinski definition) is 0. The summed E-state index contributed by atoms with van der Waals surface area (Å²) in [7, 11) is 0. The van der Waals surface area contributed by atoms with Crippen LogP contribution in [0.1, 0.15) is 64.9 Å². The standard InChI is InChI=1S/C18H28O/c1-18(2,3)16-9-11-17(12-10-16)19-14-13-15-7-5-4-6-8-15/h9-12,15H,4-8,13-14H2,1-3H3. The van der Waals surface area contributed by atoms with Crippen molar-refractivity contribution in [3.05, 3.63) is 29.8 Å². The van der Waals surface area contributed by atoms with E-state index in [4.69, 9.17) is 4.74 Å². The lowest BCUT2D eigenvalue weighted by atomic mass is 9.87. The van der Waals surface area contributed by atoms with Crippen LogP contribution in [-0.4, -0.2) is 6.61 Å². The smallest absolute Gasteiger partial charge is 0.119 e. The first-order valence-corrected chi connectivity index (χ1v) is 7.79. The van der Waals surface area contributed by atoms with Crippen molar-refractivity contribution >= 4 is 0 Å². The van der Waals surface area contributed by atoms with Crippen LogP contribution in [0.15, 0.2) is 24.3 Å². The Labute approximate surface area is 118 Å². The summed E-state index contributed by atoms with van der Waals surface area (Å²) in [6.07, 6.45) is 8.32. The highest BCUT2D eigenvalue weighted by Crippen LogP contribution is 2.27. The maximum Gasteiger partial charge on any atom is 0.119 e. The molecule has 1 nitrogen and oxygen atoms in total. The molecular formula is C18H28O. The van der Waals surface area contributed by atoms with E-state index in [1.54, 1.807) is 0 Å². The molecule has 0 bridgehead atoms. The minimum Gasteiger partial charge on any atom is -0.494 e. The maximum absolute atomic E-state index is 5.88. The van der Waals surface area contributed by atoms with E-state index < -0.39 is 0 Å². The van der Waals surface area contributed by atoms with Gasteiger partial charge < -0.3 is 4.74 Å². The van der Waals surface area contributed by atoms with Gasteiger partial charge in [-0.15, -0.1) is 0 Å². The zero-order valence-corrected chi connectivity index (χ0v) is 12.7. The predicted molar refractivity (Wildman–Crippen MR) is 81.8 cm³/mol. The Morgan fingerprint density at radius 3 is 2.21 bits per heavy atom. The SMILES string of the molecule is CC(C)(C)c1ccc(OCCC2CCCCC2)cc1. The Hall–Kier alpha value is -0.980. The molecule has 0 amide bonds. The van der Waals surface area contributed by atoms with E-state index in [1.165, 1.54) is 44.1 Å². The first-order chi connectivity index (χ1) is 9.05. The molecule has 0 unspecified atom stereocenters. The van der Waals surface area contributed by atoms with Gasteiger partial charge in [-0.3, -0.25) is 0 Å². The zero-order chi connectivity index (χ0) is 13.7. The van der Waals surface area contributed by atoms with Crippen molar-refractivity contribution in [1.82, 2.24) is 0 Å². The number of ether oxygens (including phenoxy) is 1. The molecule has 0 aromatic heterocycles. The van der Waals surface area contributed by atoms with Gasteiger partial charge in [-0.25, -0.2) is 0 Å². The first-order valence-electron chi connectivity index (χ1n) is 7.79. The molecule has 1 fully saturated rings. The van der Waals surface area contributed by atoms with Gasteiger partial charge in [-0.1, -0.05) is 65.0 Å². The third kappa shape index (κ3) is 4.56.